The Morgan fingerprint density at radius 2 is 2.04 bits per heavy atom. The van der Waals surface area contributed by atoms with Crippen LogP contribution in [0.15, 0.2) is 29.2 Å². The molecule has 1 atom stereocenters. The topological polar surface area (TPSA) is 38.1 Å². The lowest BCUT2D eigenvalue weighted by molar-refractivity contribution is -0.137. The van der Waals surface area contributed by atoms with E-state index in [9.17, 15) is 18.0 Å². The summed E-state index contributed by atoms with van der Waals surface area (Å²) in [6.45, 7) is 4.28. The second kappa shape index (κ2) is 6.81. The van der Waals surface area contributed by atoms with Gasteiger partial charge >= 0.3 is 6.18 Å². The van der Waals surface area contributed by atoms with Crippen LogP contribution in [0.3, 0.4) is 0 Å². The van der Waals surface area contributed by atoms with Gasteiger partial charge in [-0.2, -0.15) is 18.3 Å². The van der Waals surface area contributed by atoms with Crippen LogP contribution in [-0.2, 0) is 13.2 Å². The zero-order valence-electron chi connectivity index (χ0n) is 15.5. The van der Waals surface area contributed by atoms with E-state index in [1.54, 1.807) is 10.7 Å². The zero-order chi connectivity index (χ0) is 20.2. The molecule has 0 saturated heterocycles. The van der Waals surface area contributed by atoms with Gasteiger partial charge in [-0.15, -0.1) is 23.1 Å². The first-order chi connectivity index (χ1) is 13.1. The molecule has 2 aromatic heterocycles. The fraction of sp³-hybridized carbons (Fsp3) is 0.368. The summed E-state index contributed by atoms with van der Waals surface area (Å²) in [5.41, 5.74) is 0.421. The first-order valence-corrected chi connectivity index (χ1v) is 10.5. The fourth-order valence-corrected chi connectivity index (χ4v) is 5.53. The van der Waals surface area contributed by atoms with Crippen LogP contribution in [0.1, 0.15) is 34.3 Å². The molecular formula is C19H18F3N3OS2. The minimum atomic E-state index is -4.45. The van der Waals surface area contributed by atoms with Crippen molar-refractivity contribution < 1.29 is 18.0 Å². The molecule has 0 aliphatic carbocycles. The summed E-state index contributed by atoms with van der Waals surface area (Å²) < 4.78 is 41.5. The Morgan fingerprint density at radius 3 is 2.71 bits per heavy atom. The Bertz CT molecular complexity index is 1040. The molecule has 148 valence electrons. The molecule has 0 spiro atoms. The Hall–Kier alpha value is -2.00. The first kappa shape index (κ1) is 19.3. The maximum absolute atomic E-state index is 13.3. The highest BCUT2D eigenvalue weighted by atomic mass is 32.2. The summed E-state index contributed by atoms with van der Waals surface area (Å²) in [4.78, 5) is 16.9. The number of halogens is 3. The van der Waals surface area contributed by atoms with Crippen LogP contribution in [0.4, 0.5) is 18.9 Å². The maximum atomic E-state index is 13.3. The third kappa shape index (κ3) is 3.30. The number of benzene rings is 1. The van der Waals surface area contributed by atoms with Crippen molar-refractivity contribution in [3.8, 4) is 0 Å². The van der Waals surface area contributed by atoms with E-state index in [2.05, 4.69) is 5.10 Å². The molecule has 0 N–H and O–H groups in total. The molecule has 0 bridgehead atoms. The van der Waals surface area contributed by atoms with E-state index in [1.807, 2.05) is 20.9 Å². The number of thiophene rings is 1. The average Bonchev–Trinajstić information content (AvgIpc) is 3.11. The number of amides is 1. The molecule has 9 heteroatoms. The van der Waals surface area contributed by atoms with Gasteiger partial charge in [0.1, 0.15) is 4.83 Å². The molecule has 28 heavy (non-hydrogen) atoms. The molecule has 1 aromatic carbocycles. The first-order valence-electron chi connectivity index (χ1n) is 8.78. The van der Waals surface area contributed by atoms with Gasteiger partial charge in [0, 0.05) is 29.1 Å². The SMILES string of the molecule is Cc1nn(C)c2sc(C(=O)N3CCC(C)Sc4ccc(C(F)(F)F)cc43)cc12. The lowest BCUT2D eigenvalue weighted by Crippen LogP contribution is -2.32. The van der Waals surface area contributed by atoms with Gasteiger partial charge in [0.05, 0.1) is 21.8 Å². The van der Waals surface area contributed by atoms with E-state index in [0.717, 1.165) is 28.0 Å². The van der Waals surface area contributed by atoms with Gasteiger partial charge in [-0.25, -0.2) is 0 Å². The van der Waals surface area contributed by atoms with Gasteiger partial charge in [-0.05, 0) is 37.6 Å². The summed E-state index contributed by atoms with van der Waals surface area (Å²) in [6.07, 6.45) is -3.75. The lowest BCUT2D eigenvalue weighted by Gasteiger charge is -2.23. The van der Waals surface area contributed by atoms with Gasteiger partial charge in [-0.3, -0.25) is 9.48 Å². The minimum Gasteiger partial charge on any atom is -0.306 e. The molecular weight excluding hydrogens is 407 g/mol. The predicted molar refractivity (Wildman–Crippen MR) is 106 cm³/mol. The van der Waals surface area contributed by atoms with Crippen LogP contribution in [0.2, 0.25) is 0 Å². The average molecular weight is 426 g/mol. The summed E-state index contributed by atoms with van der Waals surface area (Å²) >= 11 is 2.83. The predicted octanol–water partition coefficient (Wildman–Crippen LogP) is 5.49. The van der Waals surface area contributed by atoms with Crippen LogP contribution < -0.4 is 4.90 Å². The number of rotatable bonds is 1. The maximum Gasteiger partial charge on any atom is 0.416 e. The molecule has 0 saturated carbocycles. The van der Waals surface area contributed by atoms with Crippen molar-refractivity contribution in [3.63, 3.8) is 0 Å². The lowest BCUT2D eigenvalue weighted by atomic mass is 10.1. The Balaban J connectivity index is 1.79. The number of nitrogens with zero attached hydrogens (tertiary/aromatic N) is 3. The Morgan fingerprint density at radius 1 is 1.29 bits per heavy atom. The quantitative estimate of drug-likeness (QED) is 0.517. The molecule has 1 unspecified atom stereocenters. The molecule has 1 aliphatic heterocycles. The van der Waals surface area contributed by atoms with Gasteiger partial charge in [-0.1, -0.05) is 6.92 Å². The van der Waals surface area contributed by atoms with Gasteiger partial charge < -0.3 is 4.90 Å². The molecule has 3 aromatic rings. The highest BCUT2D eigenvalue weighted by Crippen LogP contribution is 2.42. The van der Waals surface area contributed by atoms with Gasteiger partial charge in [0.25, 0.3) is 5.91 Å². The van der Waals surface area contributed by atoms with E-state index < -0.39 is 11.7 Å². The van der Waals surface area contributed by atoms with Gasteiger partial charge in [0.15, 0.2) is 0 Å². The Kier molecular flexibility index (Phi) is 4.70. The van der Waals surface area contributed by atoms with Crippen molar-refractivity contribution >= 4 is 44.9 Å². The van der Waals surface area contributed by atoms with E-state index in [4.69, 9.17) is 0 Å². The molecule has 4 rings (SSSR count). The van der Waals surface area contributed by atoms with Crippen LogP contribution in [0.25, 0.3) is 10.2 Å². The minimum absolute atomic E-state index is 0.210. The van der Waals surface area contributed by atoms with Crippen molar-refractivity contribution in [3.05, 3.63) is 40.4 Å². The summed E-state index contributed by atoms with van der Waals surface area (Å²) in [5, 5.41) is 5.45. The van der Waals surface area contributed by atoms with Crippen molar-refractivity contribution in [2.75, 3.05) is 11.4 Å². The highest BCUT2D eigenvalue weighted by molar-refractivity contribution is 8.00. The van der Waals surface area contributed by atoms with Crippen molar-refractivity contribution in [2.24, 2.45) is 7.05 Å². The van der Waals surface area contributed by atoms with E-state index in [0.29, 0.717) is 28.4 Å². The molecule has 1 aliphatic rings. The number of carbonyl (C=O) groups is 1. The van der Waals surface area contributed by atoms with E-state index in [-0.39, 0.29) is 11.2 Å². The molecule has 3 heterocycles. The van der Waals surface area contributed by atoms with Crippen molar-refractivity contribution in [2.45, 2.75) is 36.6 Å². The van der Waals surface area contributed by atoms with Crippen LogP contribution >= 0.6 is 23.1 Å². The fourth-order valence-electron chi connectivity index (χ4n) is 3.37. The van der Waals surface area contributed by atoms with Crippen molar-refractivity contribution in [1.29, 1.82) is 0 Å². The highest BCUT2D eigenvalue weighted by Gasteiger charge is 2.34. The van der Waals surface area contributed by atoms with Crippen LogP contribution in [0, 0.1) is 6.92 Å². The number of aryl methyl sites for hydroxylation is 2. The normalized spacial score (nSPS) is 17.6. The van der Waals surface area contributed by atoms with Crippen LogP contribution in [0.5, 0.6) is 0 Å². The molecule has 0 fully saturated rings. The monoisotopic (exact) mass is 425 g/mol. The van der Waals surface area contributed by atoms with Crippen molar-refractivity contribution in [1.82, 2.24) is 9.78 Å². The molecule has 1 amide bonds. The number of fused-ring (bicyclic) bond motifs is 2. The number of carbonyl (C=O) groups excluding carboxylic acids is 1. The third-order valence-corrected chi connectivity index (χ3v) is 7.24. The Labute approximate surface area is 168 Å². The number of alkyl halides is 3. The number of hydrogen-bond acceptors (Lipinski definition) is 4. The number of thioether (sulfide) groups is 1. The van der Waals surface area contributed by atoms with Gasteiger partial charge in [0.2, 0.25) is 0 Å². The smallest absolute Gasteiger partial charge is 0.306 e. The number of aromatic nitrogens is 2. The third-order valence-electron chi connectivity index (χ3n) is 4.82. The zero-order valence-corrected chi connectivity index (χ0v) is 17.1. The number of anilines is 1. The standard InChI is InChI=1S/C19H18F3N3OS2/c1-10-6-7-25(14-8-12(19(20,21)22)4-5-15(14)27-10)17(26)16-9-13-11(2)23-24(3)18(13)28-16/h4-5,8-10H,6-7H2,1-3H3. The second-order valence-electron chi connectivity index (χ2n) is 6.89. The summed E-state index contributed by atoms with van der Waals surface area (Å²) in [6, 6.07) is 5.45. The second-order valence-corrected chi connectivity index (χ2v) is 9.40. The largest absolute Gasteiger partial charge is 0.416 e. The summed E-state index contributed by atoms with van der Waals surface area (Å²) in [5.74, 6) is -0.268. The molecule has 4 nitrogen and oxygen atoms in total. The van der Waals surface area contributed by atoms with E-state index >= 15 is 0 Å². The van der Waals surface area contributed by atoms with E-state index in [1.165, 1.54) is 34.1 Å². The van der Waals surface area contributed by atoms with Crippen LogP contribution in [-0.4, -0.2) is 27.5 Å². The number of hydrogen-bond donors (Lipinski definition) is 0. The summed E-state index contributed by atoms with van der Waals surface area (Å²) in [7, 11) is 1.81. The molecule has 0 radical (unpaired) electrons.